The van der Waals surface area contributed by atoms with E-state index in [0.29, 0.717) is 29.1 Å². The highest BCUT2D eigenvalue weighted by Gasteiger charge is 2.29. The van der Waals surface area contributed by atoms with Crippen molar-refractivity contribution in [3.05, 3.63) is 41.1 Å². The summed E-state index contributed by atoms with van der Waals surface area (Å²) in [6.45, 7) is 2.22. The fourth-order valence-electron chi connectivity index (χ4n) is 2.65. The highest BCUT2D eigenvalue weighted by molar-refractivity contribution is 5.80. The Morgan fingerprint density at radius 3 is 2.74 bits per heavy atom. The molecule has 1 aliphatic heterocycles. The number of hydrogen-bond acceptors (Lipinski definition) is 5. The van der Waals surface area contributed by atoms with Crippen molar-refractivity contribution >= 4 is 5.91 Å². The van der Waals surface area contributed by atoms with E-state index in [1.807, 2.05) is 24.9 Å². The van der Waals surface area contributed by atoms with Crippen LogP contribution in [0.25, 0.3) is 11.3 Å². The van der Waals surface area contributed by atoms with Crippen LogP contribution in [0.15, 0.2) is 24.3 Å². The van der Waals surface area contributed by atoms with Gasteiger partial charge in [0.25, 0.3) is 0 Å². The number of aromatic hydroxyl groups is 1. The summed E-state index contributed by atoms with van der Waals surface area (Å²) in [5.74, 6) is 2.50. The first kappa shape index (κ1) is 15.0. The van der Waals surface area contributed by atoms with Gasteiger partial charge in [-0.1, -0.05) is 5.92 Å². The van der Waals surface area contributed by atoms with E-state index < -0.39 is 0 Å². The van der Waals surface area contributed by atoms with E-state index in [1.54, 1.807) is 12.1 Å². The van der Waals surface area contributed by atoms with Gasteiger partial charge in [-0.25, -0.2) is 0 Å². The second-order valence-corrected chi connectivity index (χ2v) is 5.56. The van der Waals surface area contributed by atoms with E-state index in [-0.39, 0.29) is 17.8 Å². The molecule has 6 heteroatoms. The standard InChI is InChI=1S/C17H16N4O2/c1-4-11-5-6-12(14(22)8-11)16-10(2)7-13(19-20-16)17-18-15(23)9-21(17)3/h1,5-8,17,22H,9H2,2-3H3,(H,18,23). The van der Waals surface area contributed by atoms with Gasteiger partial charge in [-0.15, -0.1) is 11.5 Å². The smallest absolute Gasteiger partial charge is 0.235 e. The molecule has 0 bridgehead atoms. The SMILES string of the molecule is C#Cc1ccc(-c2nnc(C3NC(=O)CN3C)cc2C)c(O)c1. The molecule has 1 aromatic carbocycles. The molecule has 1 saturated heterocycles. The predicted octanol–water partition coefficient (Wildman–Crippen LogP) is 1.20. The van der Waals surface area contributed by atoms with Crippen LogP contribution in [-0.4, -0.2) is 39.7 Å². The highest BCUT2D eigenvalue weighted by Crippen LogP contribution is 2.31. The number of nitrogens with one attached hydrogen (secondary N) is 1. The maximum Gasteiger partial charge on any atom is 0.235 e. The second-order valence-electron chi connectivity index (χ2n) is 5.56. The van der Waals surface area contributed by atoms with Crippen molar-refractivity contribution in [1.29, 1.82) is 0 Å². The molecule has 6 nitrogen and oxygen atoms in total. The van der Waals surface area contributed by atoms with Gasteiger partial charge >= 0.3 is 0 Å². The van der Waals surface area contributed by atoms with E-state index in [4.69, 9.17) is 6.42 Å². The lowest BCUT2D eigenvalue weighted by Gasteiger charge is -2.18. The van der Waals surface area contributed by atoms with Crippen LogP contribution in [0.5, 0.6) is 5.75 Å². The van der Waals surface area contributed by atoms with Crippen LogP contribution >= 0.6 is 0 Å². The summed E-state index contributed by atoms with van der Waals surface area (Å²) in [5.41, 5.74) is 3.28. The summed E-state index contributed by atoms with van der Waals surface area (Å²) in [4.78, 5) is 13.3. The molecule has 2 heterocycles. The highest BCUT2D eigenvalue weighted by atomic mass is 16.3. The molecule has 1 aliphatic rings. The number of terminal acetylenes is 1. The summed E-state index contributed by atoms with van der Waals surface area (Å²) >= 11 is 0. The topological polar surface area (TPSA) is 78.4 Å². The van der Waals surface area contributed by atoms with Crippen LogP contribution in [0, 0.1) is 19.3 Å². The van der Waals surface area contributed by atoms with Gasteiger partial charge in [0.1, 0.15) is 17.6 Å². The average molecular weight is 308 g/mol. The van der Waals surface area contributed by atoms with Crippen LogP contribution in [0.4, 0.5) is 0 Å². The van der Waals surface area contributed by atoms with Crippen molar-refractivity contribution in [3.63, 3.8) is 0 Å². The van der Waals surface area contributed by atoms with E-state index in [0.717, 1.165) is 5.56 Å². The van der Waals surface area contributed by atoms with Crippen LogP contribution < -0.4 is 5.32 Å². The van der Waals surface area contributed by atoms with Gasteiger partial charge in [0, 0.05) is 11.1 Å². The summed E-state index contributed by atoms with van der Waals surface area (Å²) in [7, 11) is 1.85. The molecule has 1 amide bonds. The number of carbonyl (C=O) groups is 1. The van der Waals surface area contributed by atoms with E-state index in [9.17, 15) is 9.90 Å². The third-order valence-corrected chi connectivity index (χ3v) is 3.83. The second kappa shape index (κ2) is 5.71. The quantitative estimate of drug-likeness (QED) is 0.815. The number of nitrogens with zero attached hydrogens (tertiary/aromatic N) is 3. The molecule has 0 aliphatic carbocycles. The lowest BCUT2D eigenvalue weighted by atomic mass is 10.0. The minimum absolute atomic E-state index is 0.0384. The van der Waals surface area contributed by atoms with Crippen LogP contribution in [0.3, 0.4) is 0 Å². The lowest BCUT2D eigenvalue weighted by molar-refractivity contribution is -0.118. The molecule has 0 spiro atoms. The number of hydrogen-bond donors (Lipinski definition) is 2. The van der Waals surface area contributed by atoms with Crippen molar-refractivity contribution in [2.75, 3.05) is 13.6 Å². The van der Waals surface area contributed by atoms with Gasteiger partial charge < -0.3 is 10.4 Å². The predicted molar refractivity (Wildman–Crippen MR) is 85.3 cm³/mol. The Bertz CT molecular complexity index is 826. The Morgan fingerprint density at radius 2 is 2.17 bits per heavy atom. The summed E-state index contributed by atoms with van der Waals surface area (Å²) in [6, 6.07) is 6.86. The van der Waals surface area contributed by atoms with Gasteiger partial charge in [-0.3, -0.25) is 9.69 Å². The first-order valence-electron chi connectivity index (χ1n) is 7.13. The third kappa shape index (κ3) is 2.74. The van der Waals surface area contributed by atoms with Crippen LogP contribution in [-0.2, 0) is 4.79 Å². The zero-order valence-electron chi connectivity index (χ0n) is 12.9. The Hall–Kier alpha value is -2.91. The van der Waals surface area contributed by atoms with Gasteiger partial charge in [-0.05, 0) is 43.8 Å². The molecule has 2 aromatic rings. The molecule has 3 rings (SSSR count). The zero-order valence-corrected chi connectivity index (χ0v) is 12.9. The first-order chi connectivity index (χ1) is 11.0. The Balaban J connectivity index is 1.97. The Kier molecular flexibility index (Phi) is 3.72. The summed E-state index contributed by atoms with van der Waals surface area (Å²) in [6.07, 6.45) is 5.05. The van der Waals surface area contributed by atoms with Crippen molar-refractivity contribution < 1.29 is 9.90 Å². The molecule has 0 radical (unpaired) electrons. The van der Waals surface area contributed by atoms with Gasteiger partial charge in [0.15, 0.2) is 0 Å². The maximum atomic E-state index is 11.5. The Morgan fingerprint density at radius 1 is 1.39 bits per heavy atom. The number of phenolic OH excluding ortho intramolecular Hbond substituents is 1. The van der Waals surface area contributed by atoms with Crippen LogP contribution in [0.1, 0.15) is 23.0 Å². The fourth-order valence-corrected chi connectivity index (χ4v) is 2.65. The number of benzene rings is 1. The van der Waals surface area contributed by atoms with Gasteiger partial charge in [0.05, 0.1) is 12.2 Å². The molecule has 1 fully saturated rings. The molecular formula is C17H16N4O2. The molecule has 1 unspecified atom stereocenters. The Labute approximate surface area is 134 Å². The average Bonchev–Trinajstić information content (AvgIpc) is 2.86. The largest absolute Gasteiger partial charge is 0.507 e. The van der Waals surface area contributed by atoms with Crippen LogP contribution in [0.2, 0.25) is 0 Å². The molecular weight excluding hydrogens is 292 g/mol. The number of rotatable bonds is 2. The first-order valence-corrected chi connectivity index (χ1v) is 7.13. The monoisotopic (exact) mass is 308 g/mol. The van der Waals surface area contributed by atoms with E-state index >= 15 is 0 Å². The normalized spacial score (nSPS) is 17.8. The van der Waals surface area contributed by atoms with E-state index in [2.05, 4.69) is 21.4 Å². The maximum absolute atomic E-state index is 11.5. The lowest BCUT2D eigenvalue weighted by Crippen LogP contribution is -2.26. The van der Waals surface area contributed by atoms with E-state index in [1.165, 1.54) is 6.07 Å². The fraction of sp³-hybridized carbons (Fsp3) is 0.235. The van der Waals surface area contributed by atoms with Gasteiger partial charge in [-0.2, -0.15) is 5.10 Å². The van der Waals surface area contributed by atoms with Crippen molar-refractivity contribution in [2.45, 2.75) is 13.1 Å². The minimum Gasteiger partial charge on any atom is -0.507 e. The number of phenols is 1. The number of aromatic nitrogens is 2. The van der Waals surface area contributed by atoms with Gasteiger partial charge in [0.2, 0.25) is 5.91 Å². The third-order valence-electron chi connectivity index (χ3n) is 3.83. The number of likely N-dealkylation sites (N-methyl/N-ethyl adjacent to an activating group) is 1. The summed E-state index contributed by atoms with van der Waals surface area (Å²) in [5, 5.41) is 21.4. The molecule has 116 valence electrons. The minimum atomic E-state index is -0.278. The van der Waals surface area contributed by atoms with Crippen molar-refractivity contribution in [3.8, 4) is 29.4 Å². The molecule has 0 saturated carbocycles. The number of carbonyl (C=O) groups excluding carboxylic acids is 1. The molecule has 2 N–H and O–H groups in total. The number of amides is 1. The molecule has 1 atom stereocenters. The number of aryl methyl sites for hydroxylation is 1. The van der Waals surface area contributed by atoms with Crippen molar-refractivity contribution in [2.24, 2.45) is 0 Å². The molecule has 23 heavy (non-hydrogen) atoms. The zero-order chi connectivity index (χ0) is 16.6. The molecule has 1 aromatic heterocycles. The van der Waals surface area contributed by atoms with Crippen molar-refractivity contribution in [1.82, 2.24) is 20.4 Å². The summed E-state index contributed by atoms with van der Waals surface area (Å²) < 4.78 is 0.